The zero-order valence-electron chi connectivity index (χ0n) is 11.3. The van der Waals surface area contributed by atoms with Crippen molar-refractivity contribution >= 4 is 0 Å². The summed E-state index contributed by atoms with van der Waals surface area (Å²) in [7, 11) is 1.65. The summed E-state index contributed by atoms with van der Waals surface area (Å²) in [6.07, 6.45) is 1.41. The molecule has 18 heavy (non-hydrogen) atoms. The summed E-state index contributed by atoms with van der Waals surface area (Å²) in [5, 5.41) is 2.89. The van der Waals surface area contributed by atoms with E-state index in [4.69, 9.17) is 0 Å². The third-order valence-corrected chi connectivity index (χ3v) is 2.92. The van der Waals surface area contributed by atoms with E-state index in [0.29, 0.717) is 6.42 Å². The van der Waals surface area contributed by atoms with Crippen molar-refractivity contribution in [1.29, 1.82) is 0 Å². The summed E-state index contributed by atoms with van der Waals surface area (Å²) < 4.78 is 40.1. The number of hydrogen-bond donors (Lipinski definition) is 1. The Morgan fingerprint density at radius 3 is 2.00 bits per heavy atom. The maximum Gasteiger partial charge on any atom is 0.133 e. The minimum absolute atomic E-state index is 0.0804. The van der Waals surface area contributed by atoms with Gasteiger partial charge in [-0.1, -0.05) is 20.8 Å². The SMILES string of the molecule is CNC(CCC(C)(C)C)c1c(F)cc(F)cc1F. The maximum atomic E-state index is 13.6. The standard InChI is InChI=1S/C14H20F3N/c1-14(2,3)6-5-12(18-4)13-10(16)7-9(15)8-11(13)17/h7-8,12,18H,5-6H2,1-4H3. The topological polar surface area (TPSA) is 12.0 Å². The van der Waals surface area contributed by atoms with Gasteiger partial charge in [-0.3, -0.25) is 0 Å². The van der Waals surface area contributed by atoms with E-state index >= 15 is 0 Å². The molecule has 1 nitrogen and oxygen atoms in total. The van der Waals surface area contributed by atoms with Crippen LogP contribution in [0.3, 0.4) is 0 Å². The van der Waals surface area contributed by atoms with Crippen LogP contribution in [0.15, 0.2) is 12.1 Å². The molecule has 0 amide bonds. The number of nitrogens with one attached hydrogen (secondary N) is 1. The largest absolute Gasteiger partial charge is 0.313 e. The summed E-state index contributed by atoms with van der Waals surface area (Å²) in [4.78, 5) is 0. The van der Waals surface area contributed by atoms with Crippen molar-refractivity contribution in [2.75, 3.05) is 7.05 Å². The van der Waals surface area contributed by atoms with Crippen molar-refractivity contribution < 1.29 is 13.2 Å². The van der Waals surface area contributed by atoms with Crippen LogP contribution in [-0.4, -0.2) is 7.05 Å². The van der Waals surface area contributed by atoms with Gasteiger partial charge in [0.05, 0.1) is 0 Å². The molecule has 0 aliphatic rings. The van der Waals surface area contributed by atoms with Crippen LogP contribution < -0.4 is 5.32 Å². The van der Waals surface area contributed by atoms with Crippen LogP contribution in [0.2, 0.25) is 0 Å². The molecule has 1 aromatic carbocycles. The van der Waals surface area contributed by atoms with Crippen LogP contribution in [0.4, 0.5) is 13.2 Å². The van der Waals surface area contributed by atoms with E-state index in [1.807, 2.05) is 0 Å². The van der Waals surface area contributed by atoms with Crippen molar-refractivity contribution in [3.63, 3.8) is 0 Å². The first-order valence-electron chi connectivity index (χ1n) is 6.06. The molecule has 4 heteroatoms. The normalized spacial score (nSPS) is 13.7. The number of benzene rings is 1. The molecule has 0 heterocycles. The minimum atomic E-state index is -0.889. The van der Waals surface area contributed by atoms with Gasteiger partial charge in [0.25, 0.3) is 0 Å². The average Bonchev–Trinajstić information content (AvgIpc) is 2.20. The second-order valence-electron chi connectivity index (χ2n) is 5.72. The molecule has 1 rings (SSSR count). The maximum absolute atomic E-state index is 13.6. The van der Waals surface area contributed by atoms with Gasteiger partial charge in [-0.2, -0.15) is 0 Å². The Bertz CT molecular complexity index is 387. The highest BCUT2D eigenvalue weighted by Crippen LogP contribution is 2.30. The van der Waals surface area contributed by atoms with Crippen LogP contribution in [-0.2, 0) is 0 Å². The molecular weight excluding hydrogens is 239 g/mol. The van der Waals surface area contributed by atoms with Gasteiger partial charge in [0.1, 0.15) is 17.5 Å². The molecule has 1 atom stereocenters. The zero-order valence-corrected chi connectivity index (χ0v) is 11.3. The smallest absolute Gasteiger partial charge is 0.133 e. The van der Waals surface area contributed by atoms with Crippen LogP contribution in [0, 0.1) is 22.9 Å². The van der Waals surface area contributed by atoms with Gasteiger partial charge < -0.3 is 5.32 Å². The molecule has 102 valence electrons. The lowest BCUT2D eigenvalue weighted by molar-refractivity contribution is 0.330. The lowest BCUT2D eigenvalue weighted by atomic mass is 9.87. The Hall–Kier alpha value is -1.03. The van der Waals surface area contributed by atoms with E-state index in [1.54, 1.807) is 7.05 Å². The second-order valence-corrected chi connectivity index (χ2v) is 5.72. The average molecular weight is 259 g/mol. The monoisotopic (exact) mass is 259 g/mol. The highest BCUT2D eigenvalue weighted by molar-refractivity contribution is 5.24. The van der Waals surface area contributed by atoms with E-state index in [1.165, 1.54) is 0 Å². The molecule has 0 fully saturated rings. The van der Waals surface area contributed by atoms with Crippen LogP contribution in [0.1, 0.15) is 45.2 Å². The van der Waals surface area contributed by atoms with E-state index in [9.17, 15) is 13.2 Å². The van der Waals surface area contributed by atoms with Crippen LogP contribution in [0.5, 0.6) is 0 Å². The fourth-order valence-corrected chi connectivity index (χ4v) is 1.90. The lowest BCUT2D eigenvalue weighted by Gasteiger charge is -2.23. The first kappa shape index (κ1) is 15.0. The summed E-state index contributed by atoms with van der Waals surface area (Å²) in [6, 6.07) is 1.00. The minimum Gasteiger partial charge on any atom is -0.313 e. The Morgan fingerprint density at radius 2 is 1.61 bits per heavy atom. The van der Waals surface area contributed by atoms with Crippen molar-refractivity contribution in [3.8, 4) is 0 Å². The lowest BCUT2D eigenvalue weighted by Crippen LogP contribution is -2.21. The molecule has 0 spiro atoms. The molecule has 1 aromatic rings. The van der Waals surface area contributed by atoms with Crippen molar-refractivity contribution in [1.82, 2.24) is 5.32 Å². The highest BCUT2D eigenvalue weighted by Gasteiger charge is 2.22. The first-order chi connectivity index (χ1) is 8.24. The molecule has 0 aliphatic heterocycles. The molecule has 0 saturated carbocycles. The molecule has 1 N–H and O–H groups in total. The van der Waals surface area contributed by atoms with Gasteiger partial charge in [0.15, 0.2) is 0 Å². The number of rotatable bonds is 4. The van der Waals surface area contributed by atoms with Gasteiger partial charge in [-0.05, 0) is 25.3 Å². The second kappa shape index (κ2) is 5.74. The highest BCUT2D eigenvalue weighted by atomic mass is 19.1. The zero-order chi connectivity index (χ0) is 13.9. The van der Waals surface area contributed by atoms with Crippen molar-refractivity contribution in [2.24, 2.45) is 5.41 Å². The fourth-order valence-electron chi connectivity index (χ4n) is 1.90. The molecular formula is C14H20F3N. The van der Waals surface area contributed by atoms with E-state index in [0.717, 1.165) is 18.6 Å². The van der Waals surface area contributed by atoms with Gasteiger partial charge in [-0.25, -0.2) is 13.2 Å². The van der Waals surface area contributed by atoms with E-state index < -0.39 is 23.5 Å². The van der Waals surface area contributed by atoms with E-state index in [-0.39, 0.29) is 11.0 Å². The summed E-state index contributed by atoms with van der Waals surface area (Å²) in [5.41, 5.74) is 0.00498. The van der Waals surface area contributed by atoms with Crippen LogP contribution in [0.25, 0.3) is 0 Å². The predicted octanol–water partition coefficient (Wildman–Crippen LogP) is 4.19. The van der Waals surface area contributed by atoms with E-state index in [2.05, 4.69) is 26.1 Å². The first-order valence-corrected chi connectivity index (χ1v) is 6.06. The Balaban J connectivity index is 2.95. The molecule has 0 bridgehead atoms. The number of halogens is 3. The van der Waals surface area contributed by atoms with Gasteiger partial charge in [0, 0.05) is 23.7 Å². The molecule has 0 aliphatic carbocycles. The summed E-state index contributed by atoms with van der Waals surface area (Å²) in [6.45, 7) is 6.20. The molecule has 0 saturated heterocycles. The summed E-state index contributed by atoms with van der Waals surface area (Å²) >= 11 is 0. The van der Waals surface area contributed by atoms with Crippen LogP contribution >= 0.6 is 0 Å². The Labute approximate surface area is 106 Å². The van der Waals surface area contributed by atoms with Gasteiger partial charge in [-0.15, -0.1) is 0 Å². The van der Waals surface area contributed by atoms with Gasteiger partial charge >= 0.3 is 0 Å². The fraction of sp³-hybridized carbons (Fsp3) is 0.571. The summed E-state index contributed by atoms with van der Waals surface area (Å²) in [5.74, 6) is -2.55. The quantitative estimate of drug-likeness (QED) is 0.855. The molecule has 1 unspecified atom stereocenters. The Kier molecular flexibility index (Phi) is 4.79. The molecule has 0 aromatic heterocycles. The molecule has 0 radical (unpaired) electrons. The predicted molar refractivity (Wildman–Crippen MR) is 66.8 cm³/mol. The van der Waals surface area contributed by atoms with Crippen molar-refractivity contribution in [2.45, 2.75) is 39.7 Å². The third-order valence-electron chi connectivity index (χ3n) is 2.92. The third kappa shape index (κ3) is 4.02. The Morgan fingerprint density at radius 1 is 1.11 bits per heavy atom. The van der Waals surface area contributed by atoms with Crippen molar-refractivity contribution in [3.05, 3.63) is 35.1 Å². The number of hydrogen-bond acceptors (Lipinski definition) is 1. The van der Waals surface area contributed by atoms with Gasteiger partial charge in [0.2, 0.25) is 0 Å².